The molecule has 0 aliphatic rings. The van der Waals surface area contributed by atoms with Gasteiger partial charge in [0.05, 0.1) is 23.4 Å². The number of esters is 1. The van der Waals surface area contributed by atoms with Gasteiger partial charge in [-0.05, 0) is 30.4 Å². The lowest BCUT2D eigenvalue weighted by Crippen LogP contribution is -2.34. The van der Waals surface area contributed by atoms with E-state index in [4.69, 9.17) is 28.6 Å². The van der Waals surface area contributed by atoms with Crippen LogP contribution in [0.5, 0.6) is 0 Å². The zero-order chi connectivity index (χ0) is 18.7. The van der Waals surface area contributed by atoms with Gasteiger partial charge < -0.3 is 10.1 Å². The summed E-state index contributed by atoms with van der Waals surface area (Å²) in [7, 11) is 1.29. The number of carbonyl (C=O) groups excluding carboxylic acids is 2. The molecule has 1 amide bonds. The van der Waals surface area contributed by atoms with E-state index in [2.05, 4.69) is 10.6 Å². The molecule has 132 valence electrons. The number of thiocarbonyl (C=S) groups is 1. The van der Waals surface area contributed by atoms with Gasteiger partial charge in [-0.1, -0.05) is 41.9 Å². The molecule has 3 rings (SSSR count). The normalized spacial score (nSPS) is 10.4. The maximum Gasteiger partial charge on any atom is 0.339 e. The van der Waals surface area contributed by atoms with Crippen molar-refractivity contribution in [1.82, 2.24) is 5.32 Å². The number of hydrogen-bond acceptors (Lipinski definition) is 5. The van der Waals surface area contributed by atoms with Gasteiger partial charge in [-0.3, -0.25) is 10.1 Å². The minimum absolute atomic E-state index is 0.0554. The van der Waals surface area contributed by atoms with Crippen molar-refractivity contribution in [2.75, 3.05) is 12.4 Å². The third-order valence-electron chi connectivity index (χ3n) is 3.55. The van der Waals surface area contributed by atoms with E-state index >= 15 is 0 Å². The van der Waals surface area contributed by atoms with Crippen LogP contribution in [0.4, 0.5) is 5.69 Å². The van der Waals surface area contributed by atoms with E-state index in [1.807, 2.05) is 24.3 Å². The molecule has 0 saturated carbocycles. The fourth-order valence-corrected chi connectivity index (χ4v) is 3.97. The van der Waals surface area contributed by atoms with Crippen molar-refractivity contribution >= 4 is 67.9 Å². The number of thiophene rings is 1. The van der Waals surface area contributed by atoms with Crippen LogP contribution in [0.15, 0.2) is 48.5 Å². The molecular formula is C18H13ClN2O3S2. The van der Waals surface area contributed by atoms with Crippen molar-refractivity contribution in [2.45, 2.75) is 0 Å². The van der Waals surface area contributed by atoms with E-state index in [0.29, 0.717) is 21.2 Å². The second-order valence-electron chi connectivity index (χ2n) is 5.19. The Morgan fingerprint density at radius 3 is 2.54 bits per heavy atom. The highest BCUT2D eigenvalue weighted by Crippen LogP contribution is 2.35. The Hall–Kier alpha value is -2.48. The van der Waals surface area contributed by atoms with E-state index in [1.54, 1.807) is 24.3 Å². The average molecular weight is 405 g/mol. The molecule has 0 aliphatic carbocycles. The van der Waals surface area contributed by atoms with Crippen molar-refractivity contribution in [3.05, 3.63) is 64.0 Å². The third kappa shape index (κ3) is 3.70. The smallest absolute Gasteiger partial charge is 0.339 e. The van der Waals surface area contributed by atoms with Gasteiger partial charge in [0.1, 0.15) is 4.88 Å². The van der Waals surface area contributed by atoms with Gasteiger partial charge in [-0.2, -0.15) is 0 Å². The van der Waals surface area contributed by atoms with Gasteiger partial charge in [0.2, 0.25) is 0 Å². The Balaban J connectivity index is 1.77. The van der Waals surface area contributed by atoms with Crippen molar-refractivity contribution in [1.29, 1.82) is 0 Å². The minimum atomic E-state index is -0.505. The Morgan fingerprint density at radius 1 is 1.12 bits per heavy atom. The molecule has 0 atom stereocenters. The standard InChI is InChI=1S/C18H13ClN2O3S2/c1-24-17(23)10-6-2-4-8-12(10)20-18(25)21-16(22)15-14(19)11-7-3-5-9-13(11)26-15/h2-9H,1H3,(H2,20,21,22,25). The fourth-order valence-electron chi connectivity index (χ4n) is 2.35. The fraction of sp³-hybridized carbons (Fsp3) is 0.0556. The highest BCUT2D eigenvalue weighted by atomic mass is 35.5. The molecular weight excluding hydrogens is 392 g/mol. The van der Waals surface area contributed by atoms with Crippen LogP contribution in [0.1, 0.15) is 20.0 Å². The molecule has 0 radical (unpaired) electrons. The Bertz CT molecular complexity index is 1020. The van der Waals surface area contributed by atoms with Crippen molar-refractivity contribution in [3.8, 4) is 0 Å². The highest BCUT2D eigenvalue weighted by molar-refractivity contribution is 7.80. The zero-order valence-corrected chi connectivity index (χ0v) is 15.9. The number of amides is 1. The van der Waals surface area contributed by atoms with Gasteiger partial charge in [-0.15, -0.1) is 11.3 Å². The van der Waals surface area contributed by atoms with Gasteiger partial charge in [0, 0.05) is 10.1 Å². The lowest BCUT2D eigenvalue weighted by molar-refractivity contribution is 0.0602. The quantitative estimate of drug-likeness (QED) is 0.498. The number of para-hydroxylation sites is 1. The zero-order valence-electron chi connectivity index (χ0n) is 13.5. The molecule has 5 nitrogen and oxygen atoms in total. The molecule has 3 aromatic rings. The summed E-state index contributed by atoms with van der Waals surface area (Å²) in [5.41, 5.74) is 0.749. The Morgan fingerprint density at radius 2 is 1.81 bits per heavy atom. The first-order valence-electron chi connectivity index (χ1n) is 7.48. The highest BCUT2D eigenvalue weighted by Gasteiger charge is 2.18. The molecule has 0 spiro atoms. The Labute approximate surface area is 163 Å². The second-order valence-corrected chi connectivity index (χ2v) is 7.03. The summed E-state index contributed by atoms with van der Waals surface area (Å²) in [5, 5.41) is 6.69. The number of anilines is 1. The molecule has 0 saturated heterocycles. The maximum atomic E-state index is 12.5. The van der Waals surface area contributed by atoms with E-state index in [9.17, 15) is 9.59 Å². The van der Waals surface area contributed by atoms with Crippen molar-refractivity contribution in [2.24, 2.45) is 0 Å². The molecule has 0 fully saturated rings. The van der Waals surface area contributed by atoms with Gasteiger partial charge in [-0.25, -0.2) is 4.79 Å². The van der Waals surface area contributed by atoms with Gasteiger partial charge >= 0.3 is 5.97 Å². The number of rotatable bonds is 3. The molecule has 1 heterocycles. The van der Waals surface area contributed by atoms with Crippen molar-refractivity contribution < 1.29 is 14.3 Å². The first-order chi connectivity index (χ1) is 12.5. The lowest BCUT2D eigenvalue weighted by atomic mass is 10.2. The molecule has 8 heteroatoms. The molecule has 1 aromatic heterocycles. The van der Waals surface area contributed by atoms with E-state index in [1.165, 1.54) is 18.4 Å². The number of fused-ring (bicyclic) bond motifs is 1. The number of nitrogens with one attached hydrogen (secondary N) is 2. The van der Waals surface area contributed by atoms with Crippen LogP contribution in [0.25, 0.3) is 10.1 Å². The first kappa shape index (κ1) is 18.3. The molecule has 26 heavy (non-hydrogen) atoms. The first-order valence-corrected chi connectivity index (χ1v) is 9.08. The number of ether oxygens (including phenoxy) is 1. The average Bonchev–Trinajstić information content (AvgIpc) is 2.98. The molecule has 0 aliphatic heterocycles. The van der Waals surface area contributed by atoms with E-state index in [0.717, 1.165) is 10.1 Å². The summed E-state index contributed by atoms with van der Waals surface area (Å²) < 4.78 is 5.65. The van der Waals surface area contributed by atoms with Crippen LogP contribution >= 0.6 is 35.2 Å². The van der Waals surface area contributed by atoms with Gasteiger partial charge in [0.25, 0.3) is 5.91 Å². The summed E-state index contributed by atoms with van der Waals surface area (Å²) in [5.74, 6) is -0.918. The number of benzene rings is 2. The van der Waals surface area contributed by atoms with E-state index in [-0.39, 0.29) is 5.11 Å². The minimum Gasteiger partial charge on any atom is -0.465 e. The monoisotopic (exact) mass is 404 g/mol. The van der Waals surface area contributed by atoms with E-state index < -0.39 is 11.9 Å². The maximum absolute atomic E-state index is 12.5. The number of hydrogen-bond donors (Lipinski definition) is 2. The predicted molar refractivity (Wildman–Crippen MR) is 108 cm³/mol. The van der Waals surface area contributed by atoms with Crippen LogP contribution in [-0.2, 0) is 4.74 Å². The summed E-state index contributed by atoms with van der Waals surface area (Å²) in [6.07, 6.45) is 0. The van der Waals surface area contributed by atoms with Crippen LogP contribution in [-0.4, -0.2) is 24.1 Å². The van der Waals surface area contributed by atoms with Gasteiger partial charge in [0.15, 0.2) is 5.11 Å². The third-order valence-corrected chi connectivity index (χ3v) is 5.43. The predicted octanol–water partition coefficient (Wildman–Crippen LogP) is 4.47. The summed E-state index contributed by atoms with van der Waals surface area (Å²) >= 11 is 12.8. The van der Waals surface area contributed by atoms with Crippen LogP contribution in [0.2, 0.25) is 5.02 Å². The van der Waals surface area contributed by atoms with Crippen LogP contribution in [0.3, 0.4) is 0 Å². The summed E-state index contributed by atoms with van der Waals surface area (Å²) in [6.45, 7) is 0. The number of carbonyl (C=O) groups is 2. The lowest BCUT2D eigenvalue weighted by Gasteiger charge is -2.12. The van der Waals surface area contributed by atoms with Crippen molar-refractivity contribution in [3.63, 3.8) is 0 Å². The summed E-state index contributed by atoms with van der Waals surface area (Å²) in [4.78, 5) is 24.7. The number of halogens is 1. The summed E-state index contributed by atoms with van der Waals surface area (Å²) in [6, 6.07) is 14.2. The molecule has 2 N–H and O–H groups in total. The number of methoxy groups -OCH3 is 1. The molecule has 0 bridgehead atoms. The second kappa shape index (κ2) is 7.82. The molecule has 2 aromatic carbocycles. The topological polar surface area (TPSA) is 67.4 Å². The largest absolute Gasteiger partial charge is 0.465 e. The van der Waals surface area contributed by atoms with Crippen LogP contribution < -0.4 is 10.6 Å². The Kier molecular flexibility index (Phi) is 5.51. The van der Waals surface area contributed by atoms with Crippen LogP contribution in [0, 0.1) is 0 Å². The SMILES string of the molecule is COC(=O)c1ccccc1NC(=S)NC(=O)c1sc2ccccc2c1Cl. The molecule has 0 unspecified atom stereocenters.